The van der Waals surface area contributed by atoms with Gasteiger partial charge in [-0.05, 0) is 11.2 Å². The van der Waals surface area contributed by atoms with Gasteiger partial charge in [0.25, 0.3) is 11.9 Å². The number of hydrogen-bond acceptors (Lipinski definition) is 15. The van der Waals surface area contributed by atoms with E-state index in [1.807, 2.05) is 0 Å². The number of nitrogen functional groups attached to an aromatic ring is 1. The fourth-order valence-corrected chi connectivity index (χ4v) is 2.17. The van der Waals surface area contributed by atoms with E-state index in [1.54, 1.807) is 0 Å². The molecule has 1 unspecified atom stereocenters. The van der Waals surface area contributed by atoms with E-state index in [-0.39, 0.29) is 16.3 Å². The van der Waals surface area contributed by atoms with Crippen LogP contribution in [0.25, 0.3) is 0 Å². The number of benzene rings is 1. The highest BCUT2D eigenvalue weighted by atomic mass is 35.5. The Balaban J connectivity index is 2.69. The number of nitrogens with zero attached hydrogens (tertiary/aromatic N) is 4. The van der Waals surface area contributed by atoms with Gasteiger partial charge in [-0.1, -0.05) is 23.7 Å². The molecule has 1 aromatic carbocycles. The van der Waals surface area contributed by atoms with Crippen molar-refractivity contribution in [3.05, 3.63) is 39.5 Å². The first-order chi connectivity index (χ1) is 12.7. The molecule has 16 N–H and O–H groups in total. The van der Waals surface area contributed by atoms with Crippen LogP contribution in [0.1, 0.15) is 11.4 Å². The lowest BCUT2D eigenvalue weighted by atomic mass is 9.98. The summed E-state index contributed by atoms with van der Waals surface area (Å²) in [6.45, 7) is 0. The molecule has 2 aromatic rings. The molecule has 1 heterocycles. The number of hydrogen-bond donors (Lipinski definition) is 8. The van der Waals surface area contributed by atoms with Crippen LogP contribution >= 0.6 is 11.6 Å². The average Bonchev–Trinajstić information content (AvgIpc) is 2.53. The summed E-state index contributed by atoms with van der Waals surface area (Å²) in [7, 11) is 0. The molecule has 152 valence electrons. The standard InChI is InChI=1S/C12H19ClN12O3/c13-5-3-1-2-4(6(5)14)10(15,25-26)7-22-8(27-11(16,17)18)24-9(23-7)28-12(19,20)21/h1-3H,14-21H2. The second-order valence-electron chi connectivity index (χ2n) is 5.69. The van der Waals surface area contributed by atoms with Crippen molar-refractivity contribution < 1.29 is 9.47 Å². The predicted octanol–water partition coefficient (Wildman–Crippen LogP) is -3.23. The number of para-hydroxylation sites is 1. The third-order valence-electron chi connectivity index (χ3n) is 3.08. The van der Waals surface area contributed by atoms with Crippen LogP contribution in [0.3, 0.4) is 0 Å². The Labute approximate surface area is 162 Å². The average molecular weight is 415 g/mol. The molecule has 0 saturated heterocycles. The molecular formula is C12H19ClN12O3. The summed E-state index contributed by atoms with van der Waals surface area (Å²) in [6.07, 6.45) is 0. The number of anilines is 1. The van der Waals surface area contributed by atoms with Crippen LogP contribution in [-0.2, 0) is 5.66 Å². The summed E-state index contributed by atoms with van der Waals surface area (Å²) in [5.41, 5.74) is 41.8. The van der Waals surface area contributed by atoms with E-state index in [9.17, 15) is 4.91 Å². The van der Waals surface area contributed by atoms with Crippen LogP contribution in [0.2, 0.25) is 5.02 Å². The summed E-state index contributed by atoms with van der Waals surface area (Å²) >= 11 is 5.98. The molecule has 15 nitrogen and oxygen atoms in total. The molecule has 0 aliphatic rings. The molecule has 2 rings (SSSR count). The molecular weight excluding hydrogens is 396 g/mol. The summed E-state index contributed by atoms with van der Waals surface area (Å²) in [5, 5.41) is 2.98. The minimum Gasteiger partial charge on any atom is -0.414 e. The molecule has 0 fully saturated rings. The number of ether oxygens (including phenoxy) is 2. The van der Waals surface area contributed by atoms with E-state index < -0.39 is 35.5 Å². The quantitative estimate of drug-likeness (QED) is 0.125. The Kier molecular flexibility index (Phi) is 5.64. The summed E-state index contributed by atoms with van der Waals surface area (Å²) < 4.78 is 9.88. The lowest BCUT2D eigenvalue weighted by Gasteiger charge is -2.25. The first-order valence-corrected chi connectivity index (χ1v) is 7.68. The smallest absolute Gasteiger partial charge is 0.326 e. The molecule has 0 aliphatic carbocycles. The van der Waals surface area contributed by atoms with Crippen molar-refractivity contribution in [1.29, 1.82) is 0 Å². The van der Waals surface area contributed by atoms with Gasteiger partial charge in [0.1, 0.15) is 0 Å². The van der Waals surface area contributed by atoms with Gasteiger partial charge in [-0.15, -0.1) is 9.89 Å². The molecule has 0 saturated carbocycles. The molecule has 1 aromatic heterocycles. The van der Waals surface area contributed by atoms with Gasteiger partial charge < -0.3 is 15.2 Å². The van der Waals surface area contributed by atoms with E-state index in [0.29, 0.717) is 0 Å². The highest BCUT2D eigenvalue weighted by molar-refractivity contribution is 6.33. The van der Waals surface area contributed by atoms with Crippen molar-refractivity contribution in [3.8, 4) is 12.0 Å². The van der Waals surface area contributed by atoms with Gasteiger partial charge in [-0.3, -0.25) is 40.1 Å². The van der Waals surface area contributed by atoms with Crippen molar-refractivity contribution in [2.24, 2.45) is 45.3 Å². The summed E-state index contributed by atoms with van der Waals surface area (Å²) in [5.74, 6) is -4.92. The first kappa shape index (κ1) is 21.5. The van der Waals surface area contributed by atoms with Crippen molar-refractivity contribution >= 4 is 17.3 Å². The molecule has 0 spiro atoms. The van der Waals surface area contributed by atoms with E-state index in [4.69, 9.17) is 66.9 Å². The Hall–Kier alpha value is -2.76. The Bertz CT molecular complexity index is 849. The lowest BCUT2D eigenvalue weighted by Crippen LogP contribution is -2.63. The van der Waals surface area contributed by atoms with Crippen molar-refractivity contribution in [2.75, 3.05) is 5.73 Å². The van der Waals surface area contributed by atoms with Gasteiger partial charge in [0.2, 0.25) is 5.66 Å². The zero-order valence-electron chi connectivity index (χ0n) is 14.2. The van der Waals surface area contributed by atoms with Crippen LogP contribution in [0.15, 0.2) is 23.4 Å². The maximum atomic E-state index is 11.7. The van der Waals surface area contributed by atoms with Gasteiger partial charge in [-0.25, -0.2) is 0 Å². The van der Waals surface area contributed by atoms with Crippen molar-refractivity contribution in [2.45, 2.75) is 17.6 Å². The Morgan fingerprint density at radius 3 is 1.82 bits per heavy atom. The van der Waals surface area contributed by atoms with Crippen LogP contribution in [-0.4, -0.2) is 26.9 Å². The van der Waals surface area contributed by atoms with E-state index in [2.05, 4.69) is 20.1 Å². The maximum Gasteiger partial charge on any atom is 0.326 e. The molecule has 1 atom stereocenters. The van der Waals surface area contributed by atoms with Crippen molar-refractivity contribution in [3.63, 3.8) is 0 Å². The normalized spacial score (nSPS) is 14.3. The van der Waals surface area contributed by atoms with Crippen LogP contribution < -0.4 is 55.3 Å². The Morgan fingerprint density at radius 1 is 0.893 bits per heavy atom. The number of nitroso groups, excluding NO2 is 1. The number of nitrogens with two attached hydrogens (primary N) is 8. The monoisotopic (exact) mass is 414 g/mol. The van der Waals surface area contributed by atoms with Gasteiger partial charge in [0, 0.05) is 5.56 Å². The second-order valence-corrected chi connectivity index (χ2v) is 6.10. The number of halogens is 1. The van der Waals surface area contributed by atoms with Crippen LogP contribution in [0.4, 0.5) is 5.69 Å². The third kappa shape index (κ3) is 4.94. The van der Waals surface area contributed by atoms with E-state index >= 15 is 0 Å². The molecule has 0 amide bonds. The third-order valence-corrected chi connectivity index (χ3v) is 3.41. The summed E-state index contributed by atoms with van der Waals surface area (Å²) in [6, 6.07) is 3.13. The first-order valence-electron chi connectivity index (χ1n) is 7.31. The van der Waals surface area contributed by atoms with Crippen LogP contribution in [0, 0.1) is 4.91 Å². The molecule has 0 radical (unpaired) electrons. The topological polar surface area (TPSA) is 295 Å². The molecule has 0 aliphatic heterocycles. The zero-order chi connectivity index (χ0) is 21.3. The minimum absolute atomic E-state index is 0.0304. The second kappa shape index (κ2) is 7.34. The van der Waals surface area contributed by atoms with E-state index in [0.717, 1.165) is 0 Å². The molecule has 0 bridgehead atoms. The maximum absolute atomic E-state index is 11.7. The largest absolute Gasteiger partial charge is 0.414 e. The Morgan fingerprint density at radius 2 is 1.39 bits per heavy atom. The number of aromatic nitrogens is 3. The minimum atomic E-state index is -2.27. The van der Waals surface area contributed by atoms with Crippen LogP contribution in [0.5, 0.6) is 12.0 Å². The van der Waals surface area contributed by atoms with Gasteiger partial charge in [0.05, 0.1) is 10.7 Å². The molecule has 28 heavy (non-hydrogen) atoms. The molecule has 16 heteroatoms. The van der Waals surface area contributed by atoms with E-state index in [1.165, 1.54) is 18.2 Å². The van der Waals surface area contributed by atoms with Gasteiger partial charge >= 0.3 is 12.0 Å². The highest BCUT2D eigenvalue weighted by Crippen LogP contribution is 2.35. The predicted molar refractivity (Wildman–Crippen MR) is 98.3 cm³/mol. The summed E-state index contributed by atoms with van der Waals surface area (Å²) in [4.78, 5) is 23.0. The van der Waals surface area contributed by atoms with Gasteiger partial charge in [0.15, 0.2) is 5.82 Å². The van der Waals surface area contributed by atoms with Gasteiger partial charge in [-0.2, -0.15) is 9.97 Å². The fraction of sp³-hybridized carbons (Fsp3) is 0.250. The lowest BCUT2D eigenvalue weighted by molar-refractivity contribution is 0.0604. The SMILES string of the molecule is Nc1c(Cl)cccc1C(N)(N=O)c1nc(OC(N)(N)N)nc(OC(N)(N)N)n1. The van der Waals surface area contributed by atoms with Crippen molar-refractivity contribution in [1.82, 2.24) is 15.0 Å². The fourth-order valence-electron chi connectivity index (χ4n) is 2.00. The zero-order valence-corrected chi connectivity index (χ0v) is 15.0. The number of rotatable bonds is 7. The highest BCUT2D eigenvalue weighted by Gasteiger charge is 2.39.